The van der Waals surface area contributed by atoms with E-state index in [1.54, 1.807) is 6.07 Å². The topological polar surface area (TPSA) is 20.3 Å². The molecule has 1 aromatic carbocycles. The Morgan fingerprint density at radius 3 is 2.80 bits per heavy atom. The standard InChI is InChI=1S/C17H22FNO/c18-16-6-2-1-5-14(16)8-7-13-4-3-11-19(12-13)17(20)15-9-10-15/h1-2,5-6,13,15H,3-4,7-12H2/t13-/m0/s1. The Morgan fingerprint density at radius 1 is 1.25 bits per heavy atom. The quantitative estimate of drug-likeness (QED) is 0.824. The van der Waals surface area contributed by atoms with E-state index >= 15 is 0 Å². The van der Waals surface area contributed by atoms with Gasteiger partial charge in [-0.3, -0.25) is 4.79 Å². The first kappa shape index (κ1) is 13.6. The molecule has 0 radical (unpaired) electrons. The summed E-state index contributed by atoms with van der Waals surface area (Å²) in [7, 11) is 0. The fourth-order valence-electron chi connectivity index (χ4n) is 3.15. The lowest BCUT2D eigenvalue weighted by molar-refractivity contribution is -0.134. The number of likely N-dealkylation sites (tertiary alicyclic amines) is 1. The van der Waals surface area contributed by atoms with Crippen LogP contribution in [0, 0.1) is 17.7 Å². The average molecular weight is 275 g/mol. The average Bonchev–Trinajstić information content (AvgIpc) is 3.31. The van der Waals surface area contributed by atoms with Crippen LogP contribution in [0.4, 0.5) is 4.39 Å². The zero-order valence-electron chi connectivity index (χ0n) is 11.9. The van der Waals surface area contributed by atoms with Crippen molar-refractivity contribution < 1.29 is 9.18 Å². The first-order valence-corrected chi connectivity index (χ1v) is 7.76. The molecule has 0 unspecified atom stereocenters. The van der Waals surface area contributed by atoms with Crippen LogP contribution in [0.1, 0.15) is 37.7 Å². The maximum atomic E-state index is 13.6. The number of hydrogen-bond donors (Lipinski definition) is 0. The Bertz CT molecular complexity index is 484. The third-order valence-corrected chi connectivity index (χ3v) is 4.54. The zero-order chi connectivity index (χ0) is 13.9. The summed E-state index contributed by atoms with van der Waals surface area (Å²) in [4.78, 5) is 14.1. The van der Waals surface area contributed by atoms with E-state index in [0.29, 0.717) is 17.7 Å². The number of benzene rings is 1. The molecule has 1 aliphatic carbocycles. The molecular weight excluding hydrogens is 253 g/mol. The summed E-state index contributed by atoms with van der Waals surface area (Å²) < 4.78 is 13.6. The molecule has 20 heavy (non-hydrogen) atoms. The summed E-state index contributed by atoms with van der Waals surface area (Å²) in [6, 6.07) is 7.02. The lowest BCUT2D eigenvalue weighted by Gasteiger charge is -2.33. The fraction of sp³-hybridized carbons (Fsp3) is 0.588. The summed E-state index contributed by atoms with van der Waals surface area (Å²) in [6.07, 6.45) is 6.19. The van der Waals surface area contributed by atoms with E-state index in [-0.39, 0.29) is 5.82 Å². The van der Waals surface area contributed by atoms with Crippen molar-refractivity contribution in [3.8, 4) is 0 Å². The Morgan fingerprint density at radius 2 is 2.05 bits per heavy atom. The molecule has 0 spiro atoms. The van der Waals surface area contributed by atoms with Gasteiger partial charge in [0, 0.05) is 19.0 Å². The van der Waals surface area contributed by atoms with E-state index in [9.17, 15) is 9.18 Å². The maximum absolute atomic E-state index is 13.6. The Kier molecular flexibility index (Phi) is 4.04. The van der Waals surface area contributed by atoms with E-state index in [2.05, 4.69) is 0 Å². The first-order chi connectivity index (χ1) is 9.74. The third kappa shape index (κ3) is 3.20. The largest absolute Gasteiger partial charge is 0.342 e. The number of rotatable bonds is 4. The Balaban J connectivity index is 1.52. The second-order valence-electron chi connectivity index (χ2n) is 6.20. The van der Waals surface area contributed by atoms with Gasteiger partial charge in [-0.1, -0.05) is 18.2 Å². The number of halogens is 1. The number of amides is 1. The van der Waals surface area contributed by atoms with Crippen LogP contribution in [0.2, 0.25) is 0 Å². The monoisotopic (exact) mass is 275 g/mol. The molecular formula is C17H22FNO. The lowest BCUT2D eigenvalue weighted by atomic mass is 9.91. The number of carbonyl (C=O) groups excluding carboxylic acids is 1. The van der Waals surface area contributed by atoms with Gasteiger partial charge in [0.15, 0.2) is 0 Å². The maximum Gasteiger partial charge on any atom is 0.225 e. The van der Waals surface area contributed by atoms with Gasteiger partial charge in [0.25, 0.3) is 0 Å². The van der Waals surface area contributed by atoms with E-state index in [0.717, 1.165) is 50.8 Å². The van der Waals surface area contributed by atoms with Crippen LogP contribution in [0.5, 0.6) is 0 Å². The minimum Gasteiger partial charge on any atom is -0.342 e. The van der Waals surface area contributed by atoms with E-state index in [1.807, 2.05) is 17.0 Å². The van der Waals surface area contributed by atoms with Crippen LogP contribution < -0.4 is 0 Å². The molecule has 0 bridgehead atoms. The van der Waals surface area contributed by atoms with Crippen LogP contribution in [0.15, 0.2) is 24.3 Å². The zero-order valence-corrected chi connectivity index (χ0v) is 11.9. The van der Waals surface area contributed by atoms with Crippen molar-refractivity contribution in [3.63, 3.8) is 0 Å². The second kappa shape index (κ2) is 5.94. The van der Waals surface area contributed by atoms with Gasteiger partial charge in [-0.05, 0) is 56.1 Å². The predicted molar refractivity (Wildman–Crippen MR) is 76.7 cm³/mol. The highest BCUT2D eigenvalue weighted by Gasteiger charge is 2.35. The molecule has 1 aliphatic heterocycles. The van der Waals surface area contributed by atoms with Gasteiger partial charge in [0.2, 0.25) is 5.91 Å². The van der Waals surface area contributed by atoms with Gasteiger partial charge in [-0.25, -0.2) is 4.39 Å². The number of aryl methyl sites for hydroxylation is 1. The summed E-state index contributed by atoms with van der Waals surface area (Å²) in [5.41, 5.74) is 0.804. The molecule has 2 nitrogen and oxygen atoms in total. The molecule has 1 saturated heterocycles. The summed E-state index contributed by atoms with van der Waals surface area (Å²) >= 11 is 0. The van der Waals surface area contributed by atoms with Gasteiger partial charge in [-0.15, -0.1) is 0 Å². The first-order valence-electron chi connectivity index (χ1n) is 7.76. The summed E-state index contributed by atoms with van der Waals surface area (Å²) in [5.74, 6) is 1.11. The van der Waals surface area contributed by atoms with Gasteiger partial charge in [-0.2, -0.15) is 0 Å². The van der Waals surface area contributed by atoms with E-state index in [4.69, 9.17) is 0 Å². The normalized spacial score (nSPS) is 22.9. The molecule has 0 aromatic heterocycles. The van der Waals surface area contributed by atoms with Crippen LogP contribution in [0.25, 0.3) is 0 Å². The number of nitrogens with zero attached hydrogens (tertiary/aromatic N) is 1. The molecule has 3 heteroatoms. The van der Waals surface area contributed by atoms with Crippen LogP contribution >= 0.6 is 0 Å². The van der Waals surface area contributed by atoms with Crippen molar-refractivity contribution in [1.82, 2.24) is 4.90 Å². The Hall–Kier alpha value is -1.38. The van der Waals surface area contributed by atoms with Crippen molar-refractivity contribution in [2.45, 2.75) is 38.5 Å². The van der Waals surface area contributed by atoms with Crippen LogP contribution in [0.3, 0.4) is 0 Å². The number of hydrogen-bond acceptors (Lipinski definition) is 1. The van der Waals surface area contributed by atoms with Gasteiger partial charge < -0.3 is 4.90 Å². The van der Waals surface area contributed by atoms with Crippen molar-refractivity contribution in [1.29, 1.82) is 0 Å². The third-order valence-electron chi connectivity index (χ3n) is 4.54. The smallest absolute Gasteiger partial charge is 0.225 e. The van der Waals surface area contributed by atoms with Gasteiger partial charge >= 0.3 is 0 Å². The van der Waals surface area contributed by atoms with Crippen molar-refractivity contribution in [3.05, 3.63) is 35.6 Å². The molecule has 3 rings (SSSR count). The molecule has 1 atom stereocenters. The van der Waals surface area contributed by atoms with Crippen LogP contribution in [-0.4, -0.2) is 23.9 Å². The highest BCUT2D eigenvalue weighted by molar-refractivity contribution is 5.81. The van der Waals surface area contributed by atoms with E-state index in [1.165, 1.54) is 12.5 Å². The minimum atomic E-state index is -0.103. The number of carbonyl (C=O) groups is 1. The van der Waals surface area contributed by atoms with Gasteiger partial charge in [0.05, 0.1) is 0 Å². The fourth-order valence-corrected chi connectivity index (χ4v) is 3.15. The summed E-state index contributed by atoms with van der Waals surface area (Å²) in [6.45, 7) is 1.80. The van der Waals surface area contributed by atoms with E-state index < -0.39 is 0 Å². The Labute approximate surface area is 120 Å². The minimum absolute atomic E-state index is 0.103. The summed E-state index contributed by atoms with van der Waals surface area (Å²) in [5, 5.41) is 0. The second-order valence-corrected chi connectivity index (χ2v) is 6.20. The molecule has 1 amide bonds. The van der Waals surface area contributed by atoms with Crippen LogP contribution in [-0.2, 0) is 11.2 Å². The highest BCUT2D eigenvalue weighted by Crippen LogP contribution is 2.33. The van der Waals surface area contributed by atoms with Crippen molar-refractivity contribution >= 4 is 5.91 Å². The van der Waals surface area contributed by atoms with Crippen molar-refractivity contribution in [2.75, 3.05) is 13.1 Å². The molecule has 2 fully saturated rings. The van der Waals surface area contributed by atoms with Gasteiger partial charge in [0.1, 0.15) is 5.82 Å². The molecule has 0 N–H and O–H groups in total. The molecule has 1 heterocycles. The molecule has 2 aliphatic rings. The van der Waals surface area contributed by atoms with Crippen molar-refractivity contribution in [2.24, 2.45) is 11.8 Å². The SMILES string of the molecule is O=C(C1CC1)N1CCC[C@@H](CCc2ccccc2F)C1. The molecule has 1 saturated carbocycles. The predicted octanol–water partition coefficient (Wildman–Crippen LogP) is 3.41. The lowest BCUT2D eigenvalue weighted by Crippen LogP contribution is -2.40. The molecule has 1 aromatic rings. The highest BCUT2D eigenvalue weighted by atomic mass is 19.1. The molecule has 108 valence electrons. The number of piperidine rings is 1.